The van der Waals surface area contributed by atoms with E-state index < -0.39 is 0 Å². The summed E-state index contributed by atoms with van der Waals surface area (Å²) >= 11 is 1.77. The Labute approximate surface area is 104 Å². The van der Waals surface area contributed by atoms with Crippen molar-refractivity contribution in [3.63, 3.8) is 0 Å². The van der Waals surface area contributed by atoms with E-state index in [1.807, 2.05) is 0 Å². The van der Waals surface area contributed by atoms with Gasteiger partial charge in [-0.3, -0.25) is 9.59 Å². The van der Waals surface area contributed by atoms with Crippen molar-refractivity contribution in [3.8, 4) is 0 Å². The monoisotopic (exact) mass is 256 g/mol. The SMILES string of the molecule is CC(=O)CC(=O)NC[C@@H]1SC[C@@H]2NC(N)=N[C@@H]21. The van der Waals surface area contributed by atoms with Gasteiger partial charge < -0.3 is 16.4 Å². The van der Waals surface area contributed by atoms with Gasteiger partial charge in [-0.1, -0.05) is 0 Å². The number of fused-ring (bicyclic) bond motifs is 1. The van der Waals surface area contributed by atoms with Gasteiger partial charge in [0.05, 0.1) is 18.5 Å². The molecule has 2 aliphatic heterocycles. The number of nitrogens with two attached hydrogens (primary N) is 1. The quantitative estimate of drug-likeness (QED) is 0.552. The van der Waals surface area contributed by atoms with Gasteiger partial charge in [-0.25, -0.2) is 4.99 Å². The molecule has 0 aromatic carbocycles. The van der Waals surface area contributed by atoms with Crippen LogP contribution in [0.2, 0.25) is 0 Å². The van der Waals surface area contributed by atoms with E-state index in [0.717, 1.165) is 5.75 Å². The predicted octanol–water partition coefficient (Wildman–Crippen LogP) is -1.15. The molecule has 2 heterocycles. The molecule has 0 bridgehead atoms. The van der Waals surface area contributed by atoms with Gasteiger partial charge in [-0.15, -0.1) is 0 Å². The van der Waals surface area contributed by atoms with E-state index >= 15 is 0 Å². The summed E-state index contributed by atoms with van der Waals surface area (Å²) in [5.41, 5.74) is 5.61. The fourth-order valence-corrected chi connectivity index (χ4v) is 3.44. The Morgan fingerprint density at radius 2 is 2.41 bits per heavy atom. The summed E-state index contributed by atoms with van der Waals surface area (Å²) in [4.78, 5) is 26.4. The summed E-state index contributed by atoms with van der Waals surface area (Å²) in [6.07, 6.45) is -0.0465. The molecule has 7 heteroatoms. The molecule has 17 heavy (non-hydrogen) atoms. The summed E-state index contributed by atoms with van der Waals surface area (Å²) in [7, 11) is 0. The lowest BCUT2D eigenvalue weighted by molar-refractivity contribution is -0.127. The minimum atomic E-state index is -0.218. The van der Waals surface area contributed by atoms with Crippen LogP contribution in [0.25, 0.3) is 0 Å². The van der Waals surface area contributed by atoms with Crippen molar-refractivity contribution in [1.29, 1.82) is 0 Å². The van der Waals surface area contributed by atoms with E-state index in [1.165, 1.54) is 6.92 Å². The average molecular weight is 256 g/mol. The van der Waals surface area contributed by atoms with E-state index in [4.69, 9.17) is 5.73 Å². The zero-order valence-corrected chi connectivity index (χ0v) is 10.4. The number of carbonyl (C=O) groups is 2. The highest BCUT2D eigenvalue weighted by Gasteiger charge is 2.40. The molecule has 4 N–H and O–H groups in total. The van der Waals surface area contributed by atoms with E-state index in [9.17, 15) is 9.59 Å². The van der Waals surface area contributed by atoms with E-state index in [-0.39, 0.29) is 35.4 Å². The fraction of sp³-hybridized carbons (Fsp3) is 0.700. The maximum atomic E-state index is 11.3. The topological polar surface area (TPSA) is 96.6 Å². The van der Waals surface area contributed by atoms with Crippen LogP contribution < -0.4 is 16.4 Å². The van der Waals surface area contributed by atoms with Gasteiger partial charge in [-0.2, -0.15) is 11.8 Å². The molecule has 0 aromatic heterocycles. The zero-order valence-electron chi connectivity index (χ0n) is 9.60. The van der Waals surface area contributed by atoms with Gasteiger partial charge in [0.15, 0.2) is 5.96 Å². The van der Waals surface area contributed by atoms with Crippen molar-refractivity contribution in [1.82, 2.24) is 10.6 Å². The van der Waals surface area contributed by atoms with Crippen molar-refractivity contribution in [2.24, 2.45) is 10.7 Å². The van der Waals surface area contributed by atoms with Gasteiger partial charge in [0.1, 0.15) is 5.78 Å². The minimum Gasteiger partial charge on any atom is -0.370 e. The lowest BCUT2D eigenvalue weighted by Gasteiger charge is -2.15. The van der Waals surface area contributed by atoms with Gasteiger partial charge in [0, 0.05) is 17.5 Å². The molecule has 6 nitrogen and oxygen atoms in total. The van der Waals surface area contributed by atoms with E-state index in [1.54, 1.807) is 11.8 Å². The zero-order chi connectivity index (χ0) is 12.4. The Bertz CT molecular complexity index is 371. The van der Waals surface area contributed by atoms with E-state index in [0.29, 0.717) is 12.5 Å². The van der Waals surface area contributed by atoms with Gasteiger partial charge >= 0.3 is 0 Å². The van der Waals surface area contributed by atoms with Crippen LogP contribution in [0.4, 0.5) is 0 Å². The first kappa shape index (κ1) is 12.2. The Hall–Kier alpha value is -1.24. The Balaban J connectivity index is 1.80. The van der Waals surface area contributed by atoms with Crippen LogP contribution in [-0.2, 0) is 9.59 Å². The van der Waals surface area contributed by atoms with Crippen LogP contribution in [-0.4, -0.2) is 47.3 Å². The normalized spacial score (nSPS) is 30.4. The van der Waals surface area contributed by atoms with Crippen LogP contribution in [0.15, 0.2) is 4.99 Å². The molecule has 0 spiro atoms. The van der Waals surface area contributed by atoms with Crippen molar-refractivity contribution in [3.05, 3.63) is 0 Å². The molecule has 0 aliphatic carbocycles. The highest BCUT2D eigenvalue weighted by Crippen LogP contribution is 2.31. The fourth-order valence-electron chi connectivity index (χ4n) is 2.05. The summed E-state index contributed by atoms with van der Waals surface area (Å²) in [5.74, 6) is 1.09. The van der Waals surface area contributed by atoms with Crippen LogP contribution in [0.5, 0.6) is 0 Å². The molecule has 0 saturated carbocycles. The number of Topliss-reactive ketones (excluding diaryl/α,β-unsaturated/α-hetero) is 1. The average Bonchev–Trinajstić information content (AvgIpc) is 2.73. The number of hydrogen-bond acceptors (Lipinski definition) is 6. The number of guanidine groups is 1. The Morgan fingerprint density at radius 3 is 3.12 bits per heavy atom. The highest BCUT2D eigenvalue weighted by atomic mass is 32.2. The van der Waals surface area contributed by atoms with Crippen molar-refractivity contribution in [2.45, 2.75) is 30.7 Å². The van der Waals surface area contributed by atoms with Crippen molar-refractivity contribution < 1.29 is 9.59 Å². The van der Waals surface area contributed by atoms with Crippen LogP contribution in [0.3, 0.4) is 0 Å². The molecule has 2 aliphatic rings. The number of aliphatic imine (C=N–C) groups is 1. The molecule has 2 rings (SSSR count). The highest BCUT2D eigenvalue weighted by molar-refractivity contribution is 8.00. The first-order valence-corrected chi connectivity index (χ1v) is 6.58. The molecule has 3 atom stereocenters. The first-order chi connectivity index (χ1) is 8.06. The Morgan fingerprint density at radius 1 is 1.65 bits per heavy atom. The maximum Gasteiger partial charge on any atom is 0.227 e. The van der Waals surface area contributed by atoms with Gasteiger partial charge in [0.2, 0.25) is 5.91 Å². The summed E-state index contributed by atoms with van der Waals surface area (Å²) in [6, 6.07) is 0.423. The molecular formula is C10H16N4O2S. The number of ketones is 1. The lowest BCUT2D eigenvalue weighted by atomic mass is 10.1. The largest absolute Gasteiger partial charge is 0.370 e. The molecule has 94 valence electrons. The maximum absolute atomic E-state index is 11.3. The summed E-state index contributed by atoms with van der Waals surface area (Å²) < 4.78 is 0. The van der Waals surface area contributed by atoms with Gasteiger partial charge in [0.25, 0.3) is 0 Å². The van der Waals surface area contributed by atoms with Crippen molar-refractivity contribution in [2.75, 3.05) is 12.3 Å². The number of carbonyl (C=O) groups excluding carboxylic acids is 2. The molecule has 0 unspecified atom stereocenters. The summed E-state index contributed by atoms with van der Waals surface area (Å²) in [5, 5.41) is 6.11. The van der Waals surface area contributed by atoms with Crippen LogP contribution in [0.1, 0.15) is 13.3 Å². The molecule has 1 saturated heterocycles. The molecule has 0 aromatic rings. The predicted molar refractivity (Wildman–Crippen MR) is 66.9 cm³/mol. The van der Waals surface area contributed by atoms with E-state index in [2.05, 4.69) is 15.6 Å². The third-order valence-corrected chi connectivity index (χ3v) is 4.24. The molecule has 1 amide bonds. The molecule has 1 fully saturated rings. The van der Waals surface area contributed by atoms with Crippen LogP contribution in [0, 0.1) is 0 Å². The second kappa shape index (κ2) is 4.95. The molecule has 0 radical (unpaired) electrons. The van der Waals surface area contributed by atoms with Gasteiger partial charge in [-0.05, 0) is 6.92 Å². The Kier molecular flexibility index (Phi) is 3.56. The molecular weight excluding hydrogens is 240 g/mol. The number of amides is 1. The summed E-state index contributed by atoms with van der Waals surface area (Å²) in [6.45, 7) is 1.95. The third-order valence-electron chi connectivity index (χ3n) is 2.81. The number of nitrogens with zero attached hydrogens (tertiary/aromatic N) is 1. The minimum absolute atomic E-state index is 0.0465. The smallest absolute Gasteiger partial charge is 0.227 e. The second-order valence-electron chi connectivity index (χ2n) is 4.31. The number of thioether (sulfide) groups is 1. The lowest BCUT2D eigenvalue weighted by Crippen LogP contribution is -2.40. The first-order valence-electron chi connectivity index (χ1n) is 5.54. The standard InChI is InChI=1S/C10H16N4O2S/c1-5(15)2-8(16)12-3-7-9-6(4-17-7)13-10(11)14-9/h6-7,9H,2-4H2,1H3,(H,12,16)(H3,11,13,14)/t6-,7-,9-/m0/s1. The number of nitrogens with one attached hydrogen (secondary N) is 2. The third kappa shape index (κ3) is 2.91. The van der Waals surface area contributed by atoms with Crippen LogP contribution >= 0.6 is 11.8 Å². The number of rotatable bonds is 4. The van der Waals surface area contributed by atoms with Crippen molar-refractivity contribution >= 4 is 29.4 Å². The number of hydrogen-bond donors (Lipinski definition) is 3. The second-order valence-corrected chi connectivity index (χ2v) is 5.58.